The summed E-state index contributed by atoms with van der Waals surface area (Å²) < 4.78 is 11.5. The summed E-state index contributed by atoms with van der Waals surface area (Å²) >= 11 is 0. The molecule has 0 aliphatic carbocycles. The molecule has 2 aromatic carbocycles. The third kappa shape index (κ3) is 4.77. The Bertz CT molecular complexity index is 1120. The SMILES string of the molecule is CC(Nc1ccc(C(=O)NCC2COc3ccccc3O2)cc1[N+](=O)[O-])c1ccccn1. The van der Waals surface area contributed by atoms with Crippen LogP contribution in [0.3, 0.4) is 0 Å². The summed E-state index contributed by atoms with van der Waals surface area (Å²) in [6.45, 7) is 2.36. The lowest BCUT2D eigenvalue weighted by atomic mass is 10.1. The van der Waals surface area contributed by atoms with Gasteiger partial charge in [-0.05, 0) is 43.3 Å². The fraction of sp³-hybridized carbons (Fsp3) is 0.217. The van der Waals surface area contributed by atoms with Crippen LogP contribution >= 0.6 is 0 Å². The molecule has 0 fully saturated rings. The van der Waals surface area contributed by atoms with E-state index in [1.807, 2.05) is 37.3 Å². The zero-order valence-corrected chi connectivity index (χ0v) is 17.4. The van der Waals surface area contributed by atoms with Gasteiger partial charge in [-0.15, -0.1) is 0 Å². The van der Waals surface area contributed by atoms with E-state index in [-0.39, 0.29) is 29.9 Å². The van der Waals surface area contributed by atoms with Crippen LogP contribution in [0, 0.1) is 10.1 Å². The average Bonchev–Trinajstić information content (AvgIpc) is 2.83. The van der Waals surface area contributed by atoms with Gasteiger partial charge in [-0.25, -0.2) is 0 Å². The smallest absolute Gasteiger partial charge is 0.293 e. The Kier molecular flexibility index (Phi) is 6.16. The molecule has 2 N–H and O–H groups in total. The maximum Gasteiger partial charge on any atom is 0.293 e. The Hall–Kier alpha value is -4.14. The lowest BCUT2D eigenvalue weighted by Crippen LogP contribution is -2.40. The minimum absolute atomic E-state index is 0.185. The number of hydrogen-bond acceptors (Lipinski definition) is 7. The average molecular weight is 434 g/mol. The Morgan fingerprint density at radius 1 is 1.19 bits per heavy atom. The first-order valence-electron chi connectivity index (χ1n) is 10.1. The van der Waals surface area contributed by atoms with Crippen molar-refractivity contribution in [1.29, 1.82) is 0 Å². The minimum atomic E-state index is -0.515. The van der Waals surface area contributed by atoms with Crippen LogP contribution in [0.5, 0.6) is 11.5 Å². The number of pyridine rings is 1. The number of ether oxygens (including phenoxy) is 2. The molecule has 0 saturated heterocycles. The summed E-state index contributed by atoms with van der Waals surface area (Å²) in [6, 6.07) is 16.9. The molecule has 1 aliphatic rings. The van der Waals surface area contributed by atoms with Crippen LogP contribution in [0.1, 0.15) is 29.0 Å². The van der Waals surface area contributed by atoms with Gasteiger partial charge in [-0.1, -0.05) is 18.2 Å². The number of benzene rings is 2. The highest BCUT2D eigenvalue weighted by Gasteiger charge is 2.23. The number of carbonyl (C=O) groups is 1. The lowest BCUT2D eigenvalue weighted by Gasteiger charge is -2.26. The zero-order chi connectivity index (χ0) is 22.5. The second kappa shape index (κ2) is 9.34. The Balaban J connectivity index is 1.41. The quantitative estimate of drug-likeness (QED) is 0.430. The number of anilines is 1. The molecule has 4 rings (SSSR count). The second-order valence-corrected chi connectivity index (χ2v) is 7.32. The molecule has 0 spiro atoms. The van der Waals surface area contributed by atoms with Crippen LogP contribution in [0.2, 0.25) is 0 Å². The maximum atomic E-state index is 12.6. The van der Waals surface area contributed by atoms with Crippen LogP contribution in [0.25, 0.3) is 0 Å². The van der Waals surface area contributed by atoms with E-state index in [0.29, 0.717) is 23.8 Å². The van der Waals surface area contributed by atoms with Gasteiger partial charge in [0.15, 0.2) is 11.5 Å². The molecule has 9 heteroatoms. The molecule has 9 nitrogen and oxygen atoms in total. The van der Waals surface area contributed by atoms with Crippen LogP contribution in [0.4, 0.5) is 11.4 Å². The van der Waals surface area contributed by atoms with Crippen molar-refractivity contribution < 1.29 is 19.2 Å². The molecule has 0 saturated carbocycles. The van der Waals surface area contributed by atoms with Gasteiger partial charge >= 0.3 is 0 Å². The predicted octanol–water partition coefficient (Wildman–Crippen LogP) is 3.73. The third-order valence-electron chi connectivity index (χ3n) is 5.02. The third-order valence-corrected chi connectivity index (χ3v) is 5.02. The van der Waals surface area contributed by atoms with Gasteiger partial charge in [0, 0.05) is 17.8 Å². The van der Waals surface area contributed by atoms with Crippen molar-refractivity contribution in [1.82, 2.24) is 10.3 Å². The van der Waals surface area contributed by atoms with Crippen LogP contribution in [0.15, 0.2) is 66.9 Å². The van der Waals surface area contributed by atoms with Gasteiger partial charge < -0.3 is 20.1 Å². The van der Waals surface area contributed by atoms with E-state index in [9.17, 15) is 14.9 Å². The van der Waals surface area contributed by atoms with Gasteiger partial charge in [-0.3, -0.25) is 19.9 Å². The monoisotopic (exact) mass is 434 g/mol. The summed E-state index contributed by atoms with van der Waals surface area (Å²) in [4.78, 5) is 28.0. The van der Waals surface area contributed by atoms with Crippen LogP contribution < -0.4 is 20.1 Å². The Morgan fingerprint density at radius 2 is 1.97 bits per heavy atom. The van der Waals surface area contributed by atoms with Crippen molar-refractivity contribution in [2.75, 3.05) is 18.5 Å². The highest BCUT2D eigenvalue weighted by molar-refractivity contribution is 5.95. The number of amides is 1. The highest BCUT2D eigenvalue weighted by atomic mass is 16.6. The molecular formula is C23H22N4O5. The standard InChI is InChI=1S/C23H22N4O5/c1-15(18-6-4-5-11-24-18)26-19-10-9-16(12-20(19)27(29)30)23(28)25-13-17-14-31-21-7-2-3-8-22(21)32-17/h2-12,15,17,26H,13-14H2,1H3,(H,25,28). The maximum absolute atomic E-state index is 12.6. The van der Waals surface area contributed by atoms with Gasteiger partial charge in [0.1, 0.15) is 18.4 Å². The fourth-order valence-corrected chi connectivity index (χ4v) is 3.36. The number of carbonyl (C=O) groups excluding carboxylic acids is 1. The summed E-state index contributed by atoms with van der Waals surface area (Å²) in [5, 5.41) is 17.5. The van der Waals surface area contributed by atoms with E-state index in [0.717, 1.165) is 5.69 Å². The van der Waals surface area contributed by atoms with Crippen molar-refractivity contribution in [3.8, 4) is 11.5 Å². The molecule has 1 aliphatic heterocycles. The van der Waals surface area contributed by atoms with Gasteiger partial charge in [0.05, 0.1) is 23.2 Å². The predicted molar refractivity (Wildman–Crippen MR) is 118 cm³/mol. The molecule has 0 radical (unpaired) electrons. The van der Waals surface area contributed by atoms with Crippen molar-refractivity contribution in [2.45, 2.75) is 19.1 Å². The molecule has 32 heavy (non-hydrogen) atoms. The van der Waals surface area contributed by atoms with Crippen LogP contribution in [-0.4, -0.2) is 35.1 Å². The summed E-state index contributed by atoms with van der Waals surface area (Å²) in [5.41, 5.74) is 1.06. The summed E-state index contributed by atoms with van der Waals surface area (Å²) in [7, 11) is 0. The molecule has 0 bridgehead atoms. The number of hydrogen-bond donors (Lipinski definition) is 2. The van der Waals surface area contributed by atoms with E-state index in [1.165, 1.54) is 12.1 Å². The highest BCUT2D eigenvalue weighted by Crippen LogP contribution is 2.31. The first kappa shape index (κ1) is 21.1. The summed E-state index contributed by atoms with van der Waals surface area (Å²) in [6.07, 6.45) is 1.30. The van der Waals surface area contributed by atoms with Crippen LogP contribution in [-0.2, 0) is 0 Å². The number of nitro groups is 1. The van der Waals surface area contributed by atoms with Crippen molar-refractivity contribution in [2.24, 2.45) is 0 Å². The van der Waals surface area contributed by atoms with Crippen molar-refractivity contribution in [3.63, 3.8) is 0 Å². The number of aromatic nitrogens is 1. The fourth-order valence-electron chi connectivity index (χ4n) is 3.36. The zero-order valence-electron chi connectivity index (χ0n) is 17.4. The number of nitrogens with zero attached hydrogens (tertiary/aromatic N) is 2. The molecule has 2 unspecified atom stereocenters. The number of fused-ring (bicyclic) bond motifs is 1. The number of nitro benzene ring substituents is 1. The minimum Gasteiger partial charge on any atom is -0.486 e. The largest absolute Gasteiger partial charge is 0.486 e. The lowest BCUT2D eigenvalue weighted by molar-refractivity contribution is -0.384. The number of nitrogens with one attached hydrogen (secondary N) is 2. The van der Waals surface area contributed by atoms with E-state index >= 15 is 0 Å². The second-order valence-electron chi connectivity index (χ2n) is 7.32. The molecule has 3 aromatic rings. The van der Waals surface area contributed by atoms with E-state index in [1.54, 1.807) is 24.4 Å². The van der Waals surface area contributed by atoms with E-state index < -0.39 is 10.8 Å². The van der Waals surface area contributed by atoms with Crippen molar-refractivity contribution in [3.05, 3.63) is 88.2 Å². The first-order chi connectivity index (χ1) is 15.5. The molecule has 2 atom stereocenters. The van der Waals surface area contributed by atoms with E-state index in [4.69, 9.17) is 9.47 Å². The molecule has 164 valence electrons. The summed E-state index contributed by atoms with van der Waals surface area (Å²) in [5.74, 6) is 0.847. The first-order valence-corrected chi connectivity index (χ1v) is 10.1. The molecular weight excluding hydrogens is 412 g/mol. The van der Waals surface area contributed by atoms with Gasteiger partial charge in [0.25, 0.3) is 11.6 Å². The molecule has 2 heterocycles. The van der Waals surface area contributed by atoms with Crippen molar-refractivity contribution >= 4 is 17.3 Å². The molecule has 1 aromatic heterocycles. The van der Waals surface area contributed by atoms with E-state index in [2.05, 4.69) is 15.6 Å². The molecule has 1 amide bonds. The van der Waals surface area contributed by atoms with Gasteiger partial charge in [-0.2, -0.15) is 0 Å². The van der Waals surface area contributed by atoms with Gasteiger partial charge in [0.2, 0.25) is 0 Å². The topological polar surface area (TPSA) is 116 Å². The number of para-hydroxylation sites is 2. The Morgan fingerprint density at radius 3 is 2.72 bits per heavy atom. The Labute approximate surface area is 184 Å². The number of rotatable bonds is 7. The normalized spacial score (nSPS) is 15.5.